The monoisotopic (exact) mass is 225 g/mol. The van der Waals surface area contributed by atoms with Gasteiger partial charge in [-0.15, -0.1) is 0 Å². The number of nitrogens with one attached hydrogen (secondary N) is 1. The third-order valence-corrected chi connectivity index (χ3v) is 2.78. The predicted octanol–water partition coefficient (Wildman–Crippen LogP) is -0.500. The molecular formula is C10H15N3O3. The molecule has 6 heteroatoms. The molecule has 88 valence electrons. The predicted molar refractivity (Wildman–Crippen MR) is 56.8 cm³/mol. The molecule has 0 saturated carbocycles. The first kappa shape index (κ1) is 11.1. The minimum Gasteiger partial charge on any atom is -0.377 e. The molecule has 2 heterocycles. The zero-order valence-electron chi connectivity index (χ0n) is 9.23. The highest BCUT2D eigenvalue weighted by Gasteiger charge is 2.28. The molecule has 0 bridgehead atoms. The van der Waals surface area contributed by atoms with Gasteiger partial charge in [-0.05, 0) is 6.92 Å². The molecule has 16 heavy (non-hydrogen) atoms. The van der Waals surface area contributed by atoms with Gasteiger partial charge < -0.3 is 9.64 Å². The lowest BCUT2D eigenvalue weighted by Crippen LogP contribution is -2.50. The van der Waals surface area contributed by atoms with Crippen LogP contribution in [0, 0.1) is 0 Å². The quantitative estimate of drug-likeness (QED) is 0.654. The summed E-state index contributed by atoms with van der Waals surface area (Å²) in [6.45, 7) is 3.66. The number of carbonyl (C=O) groups excluding carboxylic acids is 2. The molecule has 0 aromatic heterocycles. The first-order chi connectivity index (χ1) is 7.68. The summed E-state index contributed by atoms with van der Waals surface area (Å²) in [4.78, 5) is 24.7. The van der Waals surface area contributed by atoms with Crippen molar-refractivity contribution in [3.8, 4) is 0 Å². The highest BCUT2D eigenvalue weighted by atomic mass is 16.5. The van der Waals surface area contributed by atoms with Crippen LogP contribution in [0.5, 0.6) is 0 Å². The molecular weight excluding hydrogens is 210 g/mol. The van der Waals surface area contributed by atoms with E-state index in [1.165, 1.54) is 0 Å². The molecule has 2 amide bonds. The Kier molecular flexibility index (Phi) is 3.19. The molecule has 0 radical (unpaired) electrons. The van der Waals surface area contributed by atoms with Crippen molar-refractivity contribution in [1.29, 1.82) is 0 Å². The molecule has 0 unspecified atom stereocenters. The van der Waals surface area contributed by atoms with E-state index in [-0.39, 0.29) is 17.9 Å². The maximum atomic E-state index is 12.1. The smallest absolute Gasteiger partial charge is 0.270 e. The Labute approximate surface area is 93.6 Å². The van der Waals surface area contributed by atoms with Crippen LogP contribution in [-0.2, 0) is 14.3 Å². The minimum absolute atomic E-state index is 0.0709. The van der Waals surface area contributed by atoms with Crippen LogP contribution >= 0.6 is 0 Å². The summed E-state index contributed by atoms with van der Waals surface area (Å²) in [5.41, 5.74) is 2.78. The van der Waals surface area contributed by atoms with Gasteiger partial charge in [-0.25, -0.2) is 5.43 Å². The van der Waals surface area contributed by atoms with Crippen molar-refractivity contribution in [2.24, 2.45) is 5.10 Å². The van der Waals surface area contributed by atoms with Crippen LogP contribution in [-0.4, -0.2) is 48.2 Å². The van der Waals surface area contributed by atoms with Crippen molar-refractivity contribution >= 4 is 17.5 Å². The number of nitrogens with zero attached hydrogens (tertiary/aromatic N) is 2. The van der Waals surface area contributed by atoms with E-state index in [1.54, 1.807) is 4.90 Å². The van der Waals surface area contributed by atoms with Gasteiger partial charge in [0.1, 0.15) is 5.71 Å². The van der Waals surface area contributed by atoms with E-state index in [2.05, 4.69) is 10.5 Å². The minimum atomic E-state index is -0.133. The number of morpholine rings is 1. The van der Waals surface area contributed by atoms with Crippen molar-refractivity contribution in [3.63, 3.8) is 0 Å². The Bertz CT molecular complexity index is 340. The van der Waals surface area contributed by atoms with Gasteiger partial charge in [0, 0.05) is 19.4 Å². The summed E-state index contributed by atoms with van der Waals surface area (Å²) in [5.74, 6) is -0.220. The summed E-state index contributed by atoms with van der Waals surface area (Å²) in [7, 11) is 0. The van der Waals surface area contributed by atoms with Crippen molar-refractivity contribution in [2.45, 2.75) is 25.8 Å². The Morgan fingerprint density at radius 3 is 3.00 bits per heavy atom. The van der Waals surface area contributed by atoms with Crippen molar-refractivity contribution in [1.82, 2.24) is 10.3 Å². The molecule has 1 saturated heterocycles. The molecule has 2 rings (SSSR count). The molecule has 1 N–H and O–H groups in total. The van der Waals surface area contributed by atoms with Gasteiger partial charge in [0.2, 0.25) is 5.91 Å². The number of amides is 2. The molecule has 0 aliphatic carbocycles. The average molecular weight is 225 g/mol. The lowest BCUT2D eigenvalue weighted by Gasteiger charge is -2.33. The van der Waals surface area contributed by atoms with Crippen molar-refractivity contribution in [2.75, 3.05) is 19.8 Å². The third-order valence-electron chi connectivity index (χ3n) is 2.78. The van der Waals surface area contributed by atoms with E-state index in [0.29, 0.717) is 38.3 Å². The Morgan fingerprint density at radius 1 is 1.56 bits per heavy atom. The molecule has 0 aromatic carbocycles. The largest absolute Gasteiger partial charge is 0.377 e. The number of ether oxygens (including phenoxy) is 1. The van der Waals surface area contributed by atoms with Gasteiger partial charge in [0.05, 0.1) is 19.3 Å². The fraction of sp³-hybridized carbons (Fsp3) is 0.700. The maximum absolute atomic E-state index is 12.1. The highest BCUT2D eigenvalue weighted by Crippen LogP contribution is 2.10. The van der Waals surface area contributed by atoms with Crippen LogP contribution in [0.3, 0.4) is 0 Å². The number of hydrazone groups is 1. The van der Waals surface area contributed by atoms with E-state index >= 15 is 0 Å². The van der Waals surface area contributed by atoms with Crippen LogP contribution in [0.1, 0.15) is 19.8 Å². The lowest BCUT2D eigenvalue weighted by atomic mass is 10.1. The second-order valence-electron chi connectivity index (χ2n) is 4.02. The second kappa shape index (κ2) is 4.61. The van der Waals surface area contributed by atoms with E-state index in [9.17, 15) is 9.59 Å². The number of hydrogen-bond donors (Lipinski definition) is 1. The number of hydrogen-bond acceptors (Lipinski definition) is 4. The van der Waals surface area contributed by atoms with E-state index in [1.807, 2.05) is 6.92 Å². The molecule has 0 spiro atoms. The SMILES string of the molecule is C[C@@H]1COCCN1C(=O)C1=NNC(=O)CC1. The second-order valence-corrected chi connectivity index (χ2v) is 4.02. The normalized spacial score (nSPS) is 26.1. The molecule has 0 aromatic rings. The Morgan fingerprint density at radius 2 is 2.38 bits per heavy atom. The van der Waals surface area contributed by atoms with Gasteiger partial charge in [0.15, 0.2) is 0 Å². The van der Waals surface area contributed by atoms with Gasteiger partial charge in [-0.2, -0.15) is 5.10 Å². The van der Waals surface area contributed by atoms with Crippen LogP contribution < -0.4 is 5.43 Å². The first-order valence-electron chi connectivity index (χ1n) is 5.42. The fourth-order valence-electron chi connectivity index (χ4n) is 1.82. The molecule has 2 aliphatic heterocycles. The Balaban J connectivity index is 2.03. The summed E-state index contributed by atoms with van der Waals surface area (Å²) in [6, 6.07) is 0.0709. The van der Waals surface area contributed by atoms with Crippen LogP contribution in [0.15, 0.2) is 5.10 Å². The first-order valence-corrected chi connectivity index (χ1v) is 5.42. The van der Waals surface area contributed by atoms with Crippen molar-refractivity contribution < 1.29 is 14.3 Å². The zero-order valence-corrected chi connectivity index (χ0v) is 9.23. The summed E-state index contributed by atoms with van der Waals surface area (Å²) in [5, 5.41) is 3.81. The van der Waals surface area contributed by atoms with E-state index < -0.39 is 0 Å². The summed E-state index contributed by atoms with van der Waals surface area (Å²) < 4.78 is 5.26. The van der Waals surface area contributed by atoms with E-state index in [0.717, 1.165) is 0 Å². The summed E-state index contributed by atoms with van der Waals surface area (Å²) in [6.07, 6.45) is 0.762. The molecule has 1 atom stereocenters. The maximum Gasteiger partial charge on any atom is 0.270 e. The average Bonchev–Trinajstić information content (AvgIpc) is 2.30. The van der Waals surface area contributed by atoms with E-state index in [4.69, 9.17) is 4.74 Å². The van der Waals surface area contributed by atoms with Crippen molar-refractivity contribution in [3.05, 3.63) is 0 Å². The molecule has 2 aliphatic rings. The zero-order chi connectivity index (χ0) is 11.5. The number of carbonyl (C=O) groups is 2. The standard InChI is InChI=1S/C10H15N3O3/c1-7-6-16-5-4-13(7)10(15)8-2-3-9(14)12-11-8/h7H,2-6H2,1H3,(H,12,14)/t7-/m1/s1. The van der Waals surface area contributed by atoms with Gasteiger partial charge in [-0.1, -0.05) is 0 Å². The Hall–Kier alpha value is -1.43. The van der Waals surface area contributed by atoms with Gasteiger partial charge in [-0.3, -0.25) is 9.59 Å². The lowest BCUT2D eigenvalue weighted by molar-refractivity contribution is -0.132. The molecule has 1 fully saturated rings. The topological polar surface area (TPSA) is 71.0 Å². The number of rotatable bonds is 1. The summed E-state index contributed by atoms with van der Waals surface area (Å²) >= 11 is 0. The highest BCUT2D eigenvalue weighted by molar-refractivity contribution is 6.39. The molecule has 6 nitrogen and oxygen atoms in total. The fourth-order valence-corrected chi connectivity index (χ4v) is 1.82. The third kappa shape index (κ3) is 2.21. The van der Waals surface area contributed by atoms with Gasteiger partial charge in [0.25, 0.3) is 5.91 Å². The van der Waals surface area contributed by atoms with Crippen LogP contribution in [0.4, 0.5) is 0 Å². The van der Waals surface area contributed by atoms with Crippen LogP contribution in [0.2, 0.25) is 0 Å². The van der Waals surface area contributed by atoms with Crippen LogP contribution in [0.25, 0.3) is 0 Å². The van der Waals surface area contributed by atoms with Gasteiger partial charge >= 0.3 is 0 Å².